The van der Waals surface area contributed by atoms with Crippen LogP contribution in [0.2, 0.25) is 5.02 Å². The van der Waals surface area contributed by atoms with Crippen LogP contribution in [0, 0.1) is 11.7 Å². The molecule has 14 heteroatoms. The van der Waals surface area contributed by atoms with Gasteiger partial charge < -0.3 is 14.7 Å². The van der Waals surface area contributed by atoms with Crippen molar-refractivity contribution in [3.05, 3.63) is 69.5 Å². The maximum absolute atomic E-state index is 14.5. The molecule has 2 fully saturated rings. The first-order chi connectivity index (χ1) is 20.0. The zero-order chi connectivity index (χ0) is 31.9. The zero-order valence-electron chi connectivity index (χ0n) is 23.2. The highest BCUT2D eigenvalue weighted by atomic mass is 35.5. The van der Waals surface area contributed by atoms with E-state index in [4.69, 9.17) is 11.6 Å². The average molecular weight is 636 g/mol. The first-order valence-corrected chi connectivity index (χ1v) is 13.9. The summed E-state index contributed by atoms with van der Waals surface area (Å²) in [6.07, 6.45) is -9.24. The number of amides is 3. The molecule has 0 radical (unpaired) electrons. The molecular weight excluding hydrogens is 607 g/mol. The van der Waals surface area contributed by atoms with E-state index in [2.05, 4.69) is 0 Å². The Morgan fingerprint density at radius 3 is 1.93 bits per heavy atom. The van der Waals surface area contributed by atoms with E-state index in [9.17, 15) is 45.1 Å². The summed E-state index contributed by atoms with van der Waals surface area (Å²) in [5.74, 6) is -3.21. The molecule has 0 spiro atoms. The molecular formula is C29H29ClF7N3O3. The summed E-state index contributed by atoms with van der Waals surface area (Å²) in [6.45, 7) is 2.46. The van der Waals surface area contributed by atoms with E-state index in [-0.39, 0.29) is 48.3 Å². The summed E-state index contributed by atoms with van der Waals surface area (Å²) in [5.41, 5.74) is -3.69. The molecule has 2 aliphatic rings. The Labute approximate surface area is 248 Å². The number of likely N-dealkylation sites (tertiary alicyclic amines) is 2. The Morgan fingerprint density at radius 1 is 0.860 bits per heavy atom. The molecule has 2 aliphatic heterocycles. The molecule has 43 heavy (non-hydrogen) atoms. The first-order valence-electron chi connectivity index (χ1n) is 13.5. The second-order valence-corrected chi connectivity index (χ2v) is 11.3. The van der Waals surface area contributed by atoms with Crippen molar-refractivity contribution in [3.63, 3.8) is 0 Å². The highest BCUT2D eigenvalue weighted by Gasteiger charge is 2.41. The number of rotatable bonds is 4. The molecule has 0 bridgehead atoms. The van der Waals surface area contributed by atoms with Crippen LogP contribution in [0.3, 0.4) is 0 Å². The molecule has 234 valence electrons. The third kappa shape index (κ3) is 7.25. The van der Waals surface area contributed by atoms with E-state index < -0.39 is 52.7 Å². The van der Waals surface area contributed by atoms with Crippen molar-refractivity contribution in [2.75, 3.05) is 33.2 Å². The van der Waals surface area contributed by atoms with E-state index in [0.717, 1.165) is 11.0 Å². The number of piperidine rings is 2. The second kappa shape index (κ2) is 12.3. The maximum atomic E-state index is 14.5. The van der Waals surface area contributed by atoms with Gasteiger partial charge in [0.1, 0.15) is 5.82 Å². The van der Waals surface area contributed by atoms with E-state index in [1.54, 1.807) is 9.80 Å². The van der Waals surface area contributed by atoms with E-state index in [0.29, 0.717) is 43.6 Å². The lowest BCUT2D eigenvalue weighted by molar-refractivity contribution is -0.143. The van der Waals surface area contributed by atoms with Crippen LogP contribution in [0.1, 0.15) is 59.2 Å². The first kappa shape index (κ1) is 32.6. The van der Waals surface area contributed by atoms with Gasteiger partial charge in [0.25, 0.3) is 5.91 Å². The molecule has 2 unspecified atom stereocenters. The van der Waals surface area contributed by atoms with Crippen LogP contribution < -0.4 is 0 Å². The molecule has 2 saturated heterocycles. The zero-order valence-corrected chi connectivity index (χ0v) is 24.0. The standard InChI is InChI=1S/C29H29ClF7N3O3/c1-16(41)39-8-5-17(6-9-39)27(43)40-10-7-25(22(15-40)18-3-4-23(30)24(31)13-18)38(2)26(42)19-11-20(28(32,33)34)14-21(12-19)29(35,36)37/h3-4,11-14,17,22,25H,5-10,15H2,1-2H3. The monoisotopic (exact) mass is 635 g/mol. The second-order valence-electron chi connectivity index (χ2n) is 10.9. The number of carbonyl (C=O) groups is 3. The summed E-state index contributed by atoms with van der Waals surface area (Å²) < 4.78 is 95.2. The predicted octanol–water partition coefficient (Wildman–Crippen LogP) is 6.23. The third-order valence-corrected chi connectivity index (χ3v) is 8.51. The van der Waals surface area contributed by atoms with E-state index in [1.807, 2.05) is 0 Å². The number of hydrogen-bond donors (Lipinski definition) is 0. The lowest BCUT2D eigenvalue weighted by atomic mass is 9.83. The van der Waals surface area contributed by atoms with Gasteiger partial charge in [-0.2, -0.15) is 26.3 Å². The number of alkyl halides is 6. The fraction of sp³-hybridized carbons (Fsp3) is 0.483. The highest BCUT2D eigenvalue weighted by molar-refractivity contribution is 6.30. The number of halogens is 8. The molecule has 2 heterocycles. The van der Waals surface area contributed by atoms with Gasteiger partial charge in [0.2, 0.25) is 11.8 Å². The number of benzene rings is 2. The molecule has 2 aromatic rings. The van der Waals surface area contributed by atoms with Crippen molar-refractivity contribution < 1.29 is 45.1 Å². The van der Waals surface area contributed by atoms with Gasteiger partial charge in [-0.3, -0.25) is 14.4 Å². The van der Waals surface area contributed by atoms with Crippen molar-refractivity contribution in [3.8, 4) is 0 Å². The highest BCUT2D eigenvalue weighted by Crippen LogP contribution is 2.38. The minimum Gasteiger partial charge on any atom is -0.343 e. The largest absolute Gasteiger partial charge is 0.416 e. The number of nitrogens with zero attached hydrogens (tertiary/aromatic N) is 3. The summed E-state index contributed by atoms with van der Waals surface area (Å²) >= 11 is 5.85. The summed E-state index contributed by atoms with van der Waals surface area (Å²) in [7, 11) is 1.26. The van der Waals surface area contributed by atoms with Crippen molar-refractivity contribution in [2.45, 2.75) is 50.5 Å². The van der Waals surface area contributed by atoms with Crippen molar-refractivity contribution in [1.29, 1.82) is 0 Å². The molecule has 0 aromatic heterocycles. The Balaban J connectivity index is 1.63. The Hall–Kier alpha value is -3.35. The van der Waals surface area contributed by atoms with Gasteiger partial charge in [-0.25, -0.2) is 4.39 Å². The Bertz CT molecular complexity index is 1360. The number of likely N-dealkylation sites (N-methyl/N-ethyl adjacent to an activating group) is 1. The van der Waals surface area contributed by atoms with Crippen molar-refractivity contribution >= 4 is 29.3 Å². The maximum Gasteiger partial charge on any atom is 0.416 e. The average Bonchev–Trinajstić information content (AvgIpc) is 2.96. The summed E-state index contributed by atoms with van der Waals surface area (Å²) in [5, 5.41) is -0.172. The van der Waals surface area contributed by atoms with Crippen LogP contribution in [-0.4, -0.2) is 71.7 Å². The van der Waals surface area contributed by atoms with Crippen LogP contribution in [0.4, 0.5) is 30.7 Å². The molecule has 2 atom stereocenters. The van der Waals surface area contributed by atoms with Crippen LogP contribution in [-0.2, 0) is 21.9 Å². The smallest absolute Gasteiger partial charge is 0.343 e. The fourth-order valence-electron chi connectivity index (χ4n) is 5.81. The van der Waals surface area contributed by atoms with Gasteiger partial charge in [0.15, 0.2) is 0 Å². The van der Waals surface area contributed by atoms with Crippen LogP contribution in [0.25, 0.3) is 0 Å². The van der Waals surface area contributed by atoms with E-state index in [1.165, 1.54) is 26.1 Å². The lowest BCUT2D eigenvalue weighted by Crippen LogP contribution is -2.53. The van der Waals surface area contributed by atoms with Crippen LogP contribution in [0.15, 0.2) is 36.4 Å². The van der Waals surface area contributed by atoms with Crippen molar-refractivity contribution in [2.24, 2.45) is 5.92 Å². The molecule has 4 rings (SSSR count). The van der Waals surface area contributed by atoms with Gasteiger partial charge in [0, 0.05) is 63.6 Å². The minimum atomic E-state index is -5.13. The lowest BCUT2D eigenvalue weighted by Gasteiger charge is -2.44. The normalized spacial score (nSPS) is 20.2. The molecule has 2 aromatic carbocycles. The van der Waals surface area contributed by atoms with Gasteiger partial charge in [0.05, 0.1) is 16.1 Å². The van der Waals surface area contributed by atoms with Crippen LogP contribution >= 0.6 is 11.6 Å². The summed E-state index contributed by atoms with van der Waals surface area (Å²) in [4.78, 5) is 42.8. The molecule has 3 amide bonds. The number of carbonyl (C=O) groups excluding carboxylic acids is 3. The minimum absolute atomic E-state index is 0.0194. The Kier molecular flexibility index (Phi) is 9.34. The predicted molar refractivity (Wildman–Crippen MR) is 143 cm³/mol. The topological polar surface area (TPSA) is 60.9 Å². The van der Waals surface area contributed by atoms with E-state index >= 15 is 0 Å². The van der Waals surface area contributed by atoms with Gasteiger partial charge in [-0.1, -0.05) is 17.7 Å². The van der Waals surface area contributed by atoms with Gasteiger partial charge in [-0.15, -0.1) is 0 Å². The van der Waals surface area contributed by atoms with Crippen molar-refractivity contribution in [1.82, 2.24) is 14.7 Å². The Morgan fingerprint density at radius 2 is 1.42 bits per heavy atom. The van der Waals surface area contributed by atoms with Gasteiger partial charge in [-0.05, 0) is 55.2 Å². The molecule has 0 N–H and O–H groups in total. The number of hydrogen-bond acceptors (Lipinski definition) is 3. The molecule has 0 saturated carbocycles. The SMILES string of the molecule is CC(=O)N1CCC(C(=O)N2CCC(N(C)C(=O)c3cc(C(F)(F)F)cc(C(F)(F)F)c3)C(c3ccc(Cl)c(F)c3)C2)CC1. The van der Waals surface area contributed by atoms with Gasteiger partial charge >= 0.3 is 12.4 Å². The third-order valence-electron chi connectivity index (χ3n) is 8.20. The molecule has 0 aliphatic carbocycles. The quantitative estimate of drug-likeness (QED) is 0.374. The summed E-state index contributed by atoms with van der Waals surface area (Å²) in [6, 6.07) is 3.83. The van der Waals surface area contributed by atoms with Crippen LogP contribution in [0.5, 0.6) is 0 Å². The molecule has 6 nitrogen and oxygen atoms in total. The fourth-order valence-corrected chi connectivity index (χ4v) is 5.92.